The van der Waals surface area contributed by atoms with Crippen LogP contribution in [0, 0.1) is 5.92 Å². The number of nitrogens with one attached hydrogen (secondary N) is 2. The van der Waals surface area contributed by atoms with Crippen LogP contribution in [-0.2, 0) is 9.47 Å². The molecule has 0 saturated carbocycles. The lowest BCUT2D eigenvalue weighted by Crippen LogP contribution is -2.40. The fourth-order valence-corrected chi connectivity index (χ4v) is 1.66. The molecule has 0 radical (unpaired) electrons. The molecule has 0 aliphatic heterocycles. The summed E-state index contributed by atoms with van der Waals surface area (Å²) < 4.78 is 10.3. The van der Waals surface area contributed by atoms with Gasteiger partial charge < -0.3 is 20.1 Å². The minimum Gasteiger partial charge on any atom is -0.382 e. The Hall–Kier alpha value is -0.810. The van der Waals surface area contributed by atoms with Gasteiger partial charge in [0.25, 0.3) is 0 Å². The highest BCUT2D eigenvalue weighted by Crippen LogP contribution is 2.04. The first-order valence-corrected chi connectivity index (χ1v) is 7.29. The maximum Gasteiger partial charge on any atom is 0.190 e. The summed E-state index contributed by atoms with van der Waals surface area (Å²) in [5.74, 6) is 1.60. The van der Waals surface area contributed by atoms with E-state index in [2.05, 4.69) is 29.5 Å². The van der Waals surface area contributed by atoms with E-state index in [-0.39, 0.29) is 0 Å². The Morgan fingerprint density at radius 2 is 1.84 bits per heavy atom. The molecular formula is C14H31N3O2. The molecule has 0 rings (SSSR count). The Labute approximate surface area is 118 Å². The summed E-state index contributed by atoms with van der Waals surface area (Å²) in [5, 5.41) is 6.65. The van der Waals surface area contributed by atoms with Crippen molar-refractivity contribution in [1.29, 1.82) is 0 Å². The first-order chi connectivity index (χ1) is 9.28. The minimum absolute atomic E-state index is 0.659. The molecule has 0 amide bonds. The zero-order valence-corrected chi connectivity index (χ0v) is 13.0. The van der Waals surface area contributed by atoms with Crippen molar-refractivity contribution in [3.8, 4) is 0 Å². The smallest absolute Gasteiger partial charge is 0.190 e. The number of rotatable bonds is 11. The summed E-state index contributed by atoms with van der Waals surface area (Å²) in [6.45, 7) is 8.38. The van der Waals surface area contributed by atoms with Crippen molar-refractivity contribution in [3.63, 3.8) is 0 Å². The van der Waals surface area contributed by atoms with Gasteiger partial charge in [-0.15, -0.1) is 0 Å². The summed E-state index contributed by atoms with van der Waals surface area (Å²) in [5.41, 5.74) is 0. The summed E-state index contributed by atoms with van der Waals surface area (Å²) in [7, 11) is 3.48. The molecule has 0 bridgehead atoms. The maximum atomic E-state index is 5.40. The van der Waals surface area contributed by atoms with Gasteiger partial charge in [0.15, 0.2) is 5.96 Å². The van der Waals surface area contributed by atoms with Gasteiger partial charge in [0.2, 0.25) is 0 Å². The van der Waals surface area contributed by atoms with Crippen LogP contribution in [0.15, 0.2) is 4.99 Å². The van der Waals surface area contributed by atoms with Crippen LogP contribution in [0.4, 0.5) is 0 Å². The van der Waals surface area contributed by atoms with E-state index in [9.17, 15) is 0 Å². The largest absolute Gasteiger partial charge is 0.382 e. The fourth-order valence-electron chi connectivity index (χ4n) is 1.66. The van der Waals surface area contributed by atoms with Gasteiger partial charge in [0, 0.05) is 33.9 Å². The SMILES string of the molecule is CCC(CC)CNC(=NC)NCCCOCCOC. The maximum absolute atomic E-state index is 5.40. The standard InChI is InChI=1S/C14H31N3O2/c1-5-13(6-2)12-17-14(15-3)16-8-7-9-19-11-10-18-4/h13H,5-12H2,1-4H3,(H2,15,16,17). The molecule has 114 valence electrons. The van der Waals surface area contributed by atoms with Gasteiger partial charge in [-0.2, -0.15) is 0 Å². The van der Waals surface area contributed by atoms with E-state index in [1.165, 1.54) is 12.8 Å². The van der Waals surface area contributed by atoms with Crippen molar-refractivity contribution < 1.29 is 9.47 Å². The Kier molecular flexibility index (Phi) is 13.0. The lowest BCUT2D eigenvalue weighted by molar-refractivity contribution is 0.0698. The van der Waals surface area contributed by atoms with Gasteiger partial charge in [-0.1, -0.05) is 26.7 Å². The number of hydrogen-bond acceptors (Lipinski definition) is 3. The first-order valence-electron chi connectivity index (χ1n) is 7.29. The molecule has 19 heavy (non-hydrogen) atoms. The lowest BCUT2D eigenvalue weighted by atomic mass is 10.0. The first kappa shape index (κ1) is 18.2. The molecule has 0 aliphatic rings. The van der Waals surface area contributed by atoms with E-state index in [4.69, 9.17) is 9.47 Å². The van der Waals surface area contributed by atoms with Crippen LogP contribution >= 0.6 is 0 Å². The fraction of sp³-hybridized carbons (Fsp3) is 0.929. The molecule has 0 aromatic heterocycles. The van der Waals surface area contributed by atoms with Gasteiger partial charge in [-0.25, -0.2) is 0 Å². The van der Waals surface area contributed by atoms with Crippen LogP contribution in [0.25, 0.3) is 0 Å². The van der Waals surface area contributed by atoms with Gasteiger partial charge >= 0.3 is 0 Å². The molecule has 2 N–H and O–H groups in total. The van der Waals surface area contributed by atoms with Crippen molar-refractivity contribution in [2.45, 2.75) is 33.1 Å². The second-order valence-electron chi connectivity index (χ2n) is 4.52. The second-order valence-corrected chi connectivity index (χ2v) is 4.52. The molecule has 0 spiro atoms. The molecule has 0 atom stereocenters. The molecule has 0 saturated heterocycles. The number of aliphatic imine (C=N–C) groups is 1. The molecule has 0 aromatic rings. The Bertz CT molecular complexity index is 219. The van der Waals surface area contributed by atoms with Crippen LogP contribution in [-0.4, -0.2) is 53.0 Å². The topological polar surface area (TPSA) is 54.9 Å². The number of ether oxygens (including phenoxy) is 2. The van der Waals surface area contributed by atoms with Crippen molar-refractivity contribution in [2.24, 2.45) is 10.9 Å². The molecule has 0 aromatic carbocycles. The zero-order valence-electron chi connectivity index (χ0n) is 13.0. The third-order valence-electron chi connectivity index (χ3n) is 3.13. The predicted octanol–water partition coefficient (Wildman–Crippen LogP) is 1.64. The van der Waals surface area contributed by atoms with E-state index < -0.39 is 0 Å². The van der Waals surface area contributed by atoms with Crippen molar-refractivity contribution in [1.82, 2.24) is 10.6 Å². The summed E-state index contributed by atoms with van der Waals surface area (Å²) >= 11 is 0. The normalized spacial score (nSPS) is 11.9. The quantitative estimate of drug-likeness (QED) is 0.341. The zero-order chi connectivity index (χ0) is 14.3. The highest BCUT2D eigenvalue weighted by atomic mass is 16.5. The van der Waals surface area contributed by atoms with Gasteiger partial charge in [-0.05, 0) is 12.3 Å². The lowest BCUT2D eigenvalue weighted by Gasteiger charge is -2.16. The highest BCUT2D eigenvalue weighted by molar-refractivity contribution is 5.79. The van der Waals surface area contributed by atoms with Crippen LogP contribution in [0.5, 0.6) is 0 Å². The monoisotopic (exact) mass is 273 g/mol. The second kappa shape index (κ2) is 13.6. The van der Waals surface area contributed by atoms with Crippen molar-refractivity contribution >= 4 is 5.96 Å². The Balaban J connectivity index is 3.55. The Morgan fingerprint density at radius 1 is 1.11 bits per heavy atom. The summed E-state index contributed by atoms with van der Waals surface area (Å²) in [4.78, 5) is 4.21. The molecular weight excluding hydrogens is 242 g/mol. The van der Waals surface area contributed by atoms with E-state index in [0.29, 0.717) is 13.2 Å². The third-order valence-corrected chi connectivity index (χ3v) is 3.13. The van der Waals surface area contributed by atoms with E-state index in [1.807, 2.05) is 0 Å². The molecule has 0 heterocycles. The molecule has 0 unspecified atom stereocenters. The van der Waals surface area contributed by atoms with Crippen LogP contribution < -0.4 is 10.6 Å². The van der Waals surface area contributed by atoms with Crippen molar-refractivity contribution in [2.75, 3.05) is 47.1 Å². The average molecular weight is 273 g/mol. The highest BCUT2D eigenvalue weighted by Gasteiger charge is 2.04. The number of nitrogens with zero attached hydrogens (tertiary/aromatic N) is 1. The van der Waals surface area contributed by atoms with Crippen LogP contribution in [0.3, 0.4) is 0 Å². The van der Waals surface area contributed by atoms with Gasteiger partial charge in [0.1, 0.15) is 0 Å². The molecule has 5 heteroatoms. The predicted molar refractivity (Wildman–Crippen MR) is 80.7 cm³/mol. The summed E-state index contributed by atoms with van der Waals surface area (Å²) in [6.07, 6.45) is 3.37. The number of methoxy groups -OCH3 is 1. The summed E-state index contributed by atoms with van der Waals surface area (Å²) in [6, 6.07) is 0. The van der Waals surface area contributed by atoms with Crippen molar-refractivity contribution in [3.05, 3.63) is 0 Å². The van der Waals surface area contributed by atoms with Gasteiger partial charge in [0.05, 0.1) is 13.2 Å². The van der Waals surface area contributed by atoms with E-state index in [1.54, 1.807) is 14.2 Å². The van der Waals surface area contributed by atoms with E-state index >= 15 is 0 Å². The molecule has 0 fully saturated rings. The Morgan fingerprint density at radius 3 is 2.42 bits per heavy atom. The minimum atomic E-state index is 0.659. The third kappa shape index (κ3) is 10.8. The van der Waals surface area contributed by atoms with Crippen LogP contribution in [0.2, 0.25) is 0 Å². The van der Waals surface area contributed by atoms with Crippen LogP contribution in [0.1, 0.15) is 33.1 Å². The molecule has 0 aliphatic carbocycles. The average Bonchev–Trinajstić information content (AvgIpc) is 2.45. The van der Waals surface area contributed by atoms with Gasteiger partial charge in [-0.3, -0.25) is 4.99 Å². The molecule has 5 nitrogen and oxygen atoms in total. The number of hydrogen-bond donors (Lipinski definition) is 2. The van der Waals surface area contributed by atoms with E-state index in [0.717, 1.165) is 38.0 Å². The number of guanidine groups is 1.